The highest BCUT2D eigenvalue weighted by molar-refractivity contribution is 7.89. The van der Waals surface area contributed by atoms with Crippen LogP contribution in [0.3, 0.4) is 0 Å². The van der Waals surface area contributed by atoms with Gasteiger partial charge in [-0.25, -0.2) is 13.6 Å². The summed E-state index contributed by atoms with van der Waals surface area (Å²) in [4.78, 5) is 14.0. The van der Waals surface area contributed by atoms with E-state index in [2.05, 4.69) is 10.2 Å². The van der Waals surface area contributed by atoms with Gasteiger partial charge in [-0.15, -0.1) is 0 Å². The summed E-state index contributed by atoms with van der Waals surface area (Å²) < 4.78 is 27.8. The van der Waals surface area contributed by atoms with Crippen molar-refractivity contribution >= 4 is 15.9 Å². The summed E-state index contributed by atoms with van der Waals surface area (Å²) in [6.07, 6.45) is 0.622. The molecule has 0 unspecified atom stereocenters. The first-order valence-electron chi connectivity index (χ1n) is 7.24. The van der Waals surface area contributed by atoms with Gasteiger partial charge in [0.15, 0.2) is 11.5 Å². The van der Waals surface area contributed by atoms with Crippen molar-refractivity contribution in [2.45, 2.75) is 13.3 Å². The Bertz CT molecular complexity index is 823. The molecule has 3 N–H and O–H groups in total. The second-order valence-electron chi connectivity index (χ2n) is 5.81. The number of carbonyl (C=O) groups is 1. The molecule has 8 nitrogen and oxygen atoms in total. The van der Waals surface area contributed by atoms with Crippen LogP contribution in [0.4, 0.5) is 0 Å². The van der Waals surface area contributed by atoms with E-state index in [9.17, 15) is 13.2 Å². The lowest BCUT2D eigenvalue weighted by molar-refractivity contribution is 0.0782. The third kappa shape index (κ3) is 3.62. The highest BCUT2D eigenvalue weighted by atomic mass is 32.2. The number of furan rings is 1. The number of aromatic amines is 1. The first kappa shape index (κ1) is 15.8. The Morgan fingerprint density at radius 3 is 2.96 bits per heavy atom. The van der Waals surface area contributed by atoms with Crippen molar-refractivity contribution in [1.29, 1.82) is 0 Å². The van der Waals surface area contributed by atoms with E-state index >= 15 is 0 Å². The summed E-state index contributed by atoms with van der Waals surface area (Å²) in [5.74, 6) is 0.928. The number of likely N-dealkylation sites (tertiary alicyclic amines) is 1. The number of nitrogens with one attached hydrogen (secondary N) is 1. The van der Waals surface area contributed by atoms with E-state index in [-0.39, 0.29) is 23.3 Å². The zero-order chi connectivity index (χ0) is 16.6. The van der Waals surface area contributed by atoms with E-state index in [0.29, 0.717) is 31.0 Å². The minimum atomic E-state index is -3.52. The largest absolute Gasteiger partial charge is 0.460 e. The van der Waals surface area contributed by atoms with Crippen LogP contribution in [0.25, 0.3) is 11.5 Å². The van der Waals surface area contributed by atoms with Crippen LogP contribution in [0, 0.1) is 12.8 Å². The predicted molar refractivity (Wildman–Crippen MR) is 83.0 cm³/mol. The molecule has 2 aromatic rings. The van der Waals surface area contributed by atoms with Gasteiger partial charge in [0, 0.05) is 19.2 Å². The van der Waals surface area contributed by atoms with Crippen molar-refractivity contribution in [2.75, 3.05) is 18.8 Å². The Kier molecular flexibility index (Phi) is 3.99. The Labute approximate surface area is 133 Å². The molecule has 1 aliphatic rings. The lowest BCUT2D eigenvalue weighted by Crippen LogP contribution is -2.31. The second kappa shape index (κ2) is 5.82. The van der Waals surface area contributed by atoms with Gasteiger partial charge < -0.3 is 9.32 Å². The monoisotopic (exact) mass is 338 g/mol. The summed E-state index contributed by atoms with van der Waals surface area (Å²) in [5, 5.41) is 11.9. The first-order chi connectivity index (χ1) is 10.8. The number of rotatable bonds is 4. The molecule has 0 spiro atoms. The molecule has 3 heterocycles. The second-order valence-corrected chi connectivity index (χ2v) is 7.47. The van der Waals surface area contributed by atoms with E-state index < -0.39 is 10.0 Å². The predicted octanol–water partition coefficient (Wildman–Crippen LogP) is 0.729. The number of aromatic nitrogens is 2. The average Bonchev–Trinajstić information content (AvgIpc) is 3.15. The van der Waals surface area contributed by atoms with Crippen LogP contribution >= 0.6 is 0 Å². The van der Waals surface area contributed by atoms with Gasteiger partial charge in [-0.2, -0.15) is 5.10 Å². The van der Waals surface area contributed by atoms with Gasteiger partial charge in [0.2, 0.25) is 10.0 Å². The molecule has 1 fully saturated rings. The van der Waals surface area contributed by atoms with Crippen LogP contribution in [-0.2, 0) is 10.0 Å². The van der Waals surface area contributed by atoms with Crippen molar-refractivity contribution in [3.05, 3.63) is 29.7 Å². The molecule has 0 saturated carbocycles. The van der Waals surface area contributed by atoms with Crippen molar-refractivity contribution in [1.82, 2.24) is 15.1 Å². The van der Waals surface area contributed by atoms with Gasteiger partial charge >= 0.3 is 0 Å². The molecule has 124 valence electrons. The minimum Gasteiger partial charge on any atom is -0.460 e. The van der Waals surface area contributed by atoms with Crippen molar-refractivity contribution in [3.8, 4) is 11.5 Å². The number of nitrogens with zero attached hydrogens (tertiary/aromatic N) is 2. The normalized spacial score (nSPS) is 18.5. The lowest BCUT2D eigenvalue weighted by Gasteiger charge is -2.14. The van der Waals surface area contributed by atoms with E-state index in [1.807, 2.05) is 13.0 Å². The van der Waals surface area contributed by atoms with Crippen molar-refractivity contribution < 1.29 is 17.6 Å². The molecule has 1 aliphatic heterocycles. The Hall–Kier alpha value is -2.13. The fraction of sp³-hybridized carbons (Fsp3) is 0.429. The van der Waals surface area contributed by atoms with Gasteiger partial charge in [0.1, 0.15) is 11.5 Å². The number of amides is 1. The summed E-state index contributed by atoms with van der Waals surface area (Å²) in [6, 6.07) is 5.26. The van der Waals surface area contributed by atoms with Crippen LogP contribution in [0.2, 0.25) is 0 Å². The van der Waals surface area contributed by atoms with Crippen molar-refractivity contribution in [2.24, 2.45) is 11.1 Å². The fourth-order valence-electron chi connectivity index (χ4n) is 2.78. The number of nitrogens with two attached hydrogens (primary N) is 1. The molecule has 2 aromatic heterocycles. The maximum absolute atomic E-state index is 12.4. The van der Waals surface area contributed by atoms with Crippen LogP contribution in [0.15, 0.2) is 22.6 Å². The summed E-state index contributed by atoms with van der Waals surface area (Å²) in [5.41, 5.74) is 0.909. The molecule has 0 bridgehead atoms. The lowest BCUT2D eigenvalue weighted by atomic mass is 10.2. The molecule has 23 heavy (non-hydrogen) atoms. The topological polar surface area (TPSA) is 122 Å². The number of hydrogen-bond acceptors (Lipinski definition) is 5. The third-order valence-corrected chi connectivity index (χ3v) is 4.78. The zero-order valence-corrected chi connectivity index (χ0v) is 13.5. The molecule has 3 rings (SSSR count). The van der Waals surface area contributed by atoms with Gasteiger partial charge in [0.25, 0.3) is 5.91 Å². The van der Waals surface area contributed by atoms with E-state index in [1.165, 1.54) is 0 Å². The molecule has 1 atom stereocenters. The average molecular weight is 338 g/mol. The Morgan fingerprint density at radius 1 is 1.52 bits per heavy atom. The molecule has 1 amide bonds. The summed E-state index contributed by atoms with van der Waals surface area (Å²) >= 11 is 0. The standard InChI is InChI=1S/C14H18N4O4S/c1-9-2-3-13(22-9)11-6-12(17-16-11)14(19)18-5-4-10(7-18)8-23(15,20)21/h2-3,6,10H,4-5,7-8H2,1H3,(H,16,17)(H2,15,20,21)/t10-/m0/s1. The Balaban J connectivity index is 1.69. The number of primary sulfonamides is 1. The molecule has 9 heteroatoms. The van der Waals surface area contributed by atoms with Gasteiger partial charge in [-0.3, -0.25) is 9.89 Å². The van der Waals surface area contributed by atoms with Gasteiger partial charge in [-0.05, 0) is 31.4 Å². The molecular formula is C14H18N4O4S. The third-order valence-electron chi connectivity index (χ3n) is 3.84. The maximum atomic E-state index is 12.4. The maximum Gasteiger partial charge on any atom is 0.274 e. The number of sulfonamides is 1. The molecular weight excluding hydrogens is 320 g/mol. The number of aryl methyl sites for hydroxylation is 1. The molecule has 0 aromatic carbocycles. The Morgan fingerprint density at radius 2 is 2.30 bits per heavy atom. The van der Waals surface area contributed by atoms with E-state index in [1.54, 1.807) is 17.0 Å². The number of hydrogen-bond donors (Lipinski definition) is 2. The van der Waals surface area contributed by atoms with Crippen LogP contribution in [-0.4, -0.2) is 48.3 Å². The summed E-state index contributed by atoms with van der Waals surface area (Å²) in [6.45, 7) is 2.71. The number of H-pyrrole nitrogens is 1. The van der Waals surface area contributed by atoms with E-state index in [4.69, 9.17) is 9.56 Å². The molecule has 0 radical (unpaired) electrons. The quantitative estimate of drug-likeness (QED) is 0.851. The zero-order valence-electron chi connectivity index (χ0n) is 12.7. The van der Waals surface area contributed by atoms with Crippen molar-refractivity contribution in [3.63, 3.8) is 0 Å². The SMILES string of the molecule is Cc1ccc(-c2cc(C(=O)N3CC[C@H](CS(N)(=O)=O)C3)n[nH]2)o1. The highest BCUT2D eigenvalue weighted by Gasteiger charge is 2.30. The summed E-state index contributed by atoms with van der Waals surface area (Å²) in [7, 11) is -3.52. The smallest absolute Gasteiger partial charge is 0.274 e. The van der Waals surface area contributed by atoms with Crippen LogP contribution < -0.4 is 5.14 Å². The molecule has 0 aliphatic carbocycles. The van der Waals surface area contributed by atoms with Gasteiger partial charge in [-0.1, -0.05) is 0 Å². The van der Waals surface area contributed by atoms with E-state index in [0.717, 1.165) is 5.76 Å². The molecule has 1 saturated heterocycles. The van der Waals surface area contributed by atoms with Gasteiger partial charge in [0.05, 0.1) is 5.75 Å². The highest BCUT2D eigenvalue weighted by Crippen LogP contribution is 2.23. The van der Waals surface area contributed by atoms with Crippen LogP contribution in [0.1, 0.15) is 22.7 Å². The fourth-order valence-corrected chi connectivity index (χ4v) is 3.71. The first-order valence-corrected chi connectivity index (χ1v) is 8.95. The minimum absolute atomic E-state index is 0.103. The number of carbonyl (C=O) groups excluding carboxylic acids is 1. The van der Waals surface area contributed by atoms with Crippen LogP contribution in [0.5, 0.6) is 0 Å².